The lowest BCUT2D eigenvalue weighted by molar-refractivity contribution is -0.136. The Labute approximate surface area is 364 Å². The zero-order valence-corrected chi connectivity index (χ0v) is 35.7. The normalized spacial score (nSPS) is 23.5. The number of aliphatic imine (C=N–C) groups is 1. The molecule has 17 nitrogen and oxygen atoms in total. The van der Waals surface area contributed by atoms with Gasteiger partial charge in [-0.25, -0.2) is 8.78 Å². The maximum absolute atomic E-state index is 15.8. The van der Waals surface area contributed by atoms with Gasteiger partial charge in [0.05, 0.1) is 35.2 Å². The first-order valence-corrected chi connectivity index (χ1v) is 21.8. The molecule has 6 aliphatic rings. The average molecular weight is 872 g/mol. The van der Waals surface area contributed by atoms with Crippen molar-refractivity contribution in [3.05, 3.63) is 70.6 Å². The third-order valence-electron chi connectivity index (χ3n) is 13.4. The van der Waals surface area contributed by atoms with Crippen molar-refractivity contribution >= 4 is 53.2 Å². The molecular formula is C44H55F2N11O6. The lowest BCUT2D eigenvalue weighted by atomic mass is 9.79. The van der Waals surface area contributed by atoms with Crippen molar-refractivity contribution in [2.75, 3.05) is 69.6 Å². The molecule has 336 valence electrons. The van der Waals surface area contributed by atoms with E-state index in [1.165, 1.54) is 12.1 Å². The Hall–Kier alpha value is -5.95. The predicted molar refractivity (Wildman–Crippen MR) is 229 cm³/mol. The summed E-state index contributed by atoms with van der Waals surface area (Å²) in [6.45, 7) is 5.74. The molecule has 19 heteroatoms. The van der Waals surface area contributed by atoms with Crippen LogP contribution in [0, 0.1) is 17.0 Å². The van der Waals surface area contributed by atoms with Crippen molar-refractivity contribution in [3.8, 4) is 0 Å². The SMILES string of the molecule is CNC1=CC(N2CCC3(CC2)CN(c2cc(F)c(CN4CCC(C)(C(=O)NCCCCNc5cccc6c5C(=O)N(C5CCC(=O)NC5=O)C6=O)CC4)cc2F)CC(=O)N3)N=CN1. The smallest absolute Gasteiger partial charge is 0.264 e. The molecule has 0 bridgehead atoms. The summed E-state index contributed by atoms with van der Waals surface area (Å²) >= 11 is 0. The van der Waals surface area contributed by atoms with Crippen LogP contribution in [0.3, 0.4) is 0 Å². The molecule has 6 N–H and O–H groups in total. The van der Waals surface area contributed by atoms with Crippen molar-refractivity contribution in [1.29, 1.82) is 0 Å². The van der Waals surface area contributed by atoms with Gasteiger partial charge >= 0.3 is 0 Å². The highest BCUT2D eigenvalue weighted by Gasteiger charge is 2.46. The lowest BCUT2D eigenvalue weighted by Crippen LogP contribution is -2.67. The number of carbonyl (C=O) groups is 6. The van der Waals surface area contributed by atoms with Gasteiger partial charge in [-0.2, -0.15) is 0 Å². The van der Waals surface area contributed by atoms with Crippen molar-refractivity contribution in [1.82, 2.24) is 41.3 Å². The molecule has 2 unspecified atom stereocenters. The molecule has 1 spiro atoms. The standard InChI is InChI=1S/C44H55F2N11O6/c1-43(42(63)49-15-4-3-14-48-31-7-5-6-28-38(31)41(62)57(40(28)61)32-8-9-36(58)52-39(32)60)10-16-54(17-11-43)23-27-20-30(46)33(21-29(27)45)56-24-37(59)53-44(25-56)12-18-55(19-13-44)35-22-34(47-2)50-26-51-35/h5-7,20-22,26,32,35,47-48H,3-4,8-19,23-25H2,1-2H3,(H,49,63)(H,50,51)(H,53,59)(H,52,58,60). The fourth-order valence-corrected chi connectivity index (χ4v) is 9.58. The van der Waals surface area contributed by atoms with Crippen LogP contribution in [0.4, 0.5) is 20.2 Å². The summed E-state index contributed by atoms with van der Waals surface area (Å²) in [5.41, 5.74) is -0.0136. The third-order valence-corrected chi connectivity index (χ3v) is 13.4. The Kier molecular flexibility index (Phi) is 12.5. The second kappa shape index (κ2) is 18.0. The minimum atomic E-state index is -1.04. The minimum absolute atomic E-state index is 0.0420. The van der Waals surface area contributed by atoms with Crippen molar-refractivity contribution in [2.45, 2.75) is 82.6 Å². The first kappa shape index (κ1) is 43.7. The van der Waals surface area contributed by atoms with Crippen molar-refractivity contribution < 1.29 is 37.5 Å². The Morgan fingerprint density at radius 3 is 2.44 bits per heavy atom. The summed E-state index contributed by atoms with van der Waals surface area (Å²) in [6.07, 6.45) is 7.35. The largest absolute Gasteiger partial charge is 0.384 e. The molecule has 6 heterocycles. The lowest BCUT2D eigenvalue weighted by Gasteiger charge is -2.49. The van der Waals surface area contributed by atoms with Crippen LogP contribution in [-0.4, -0.2) is 134 Å². The van der Waals surface area contributed by atoms with E-state index in [0.29, 0.717) is 90.0 Å². The Morgan fingerprint density at radius 1 is 0.937 bits per heavy atom. The molecule has 6 amide bonds. The van der Waals surface area contributed by atoms with E-state index < -0.39 is 52.3 Å². The molecule has 63 heavy (non-hydrogen) atoms. The van der Waals surface area contributed by atoms with Crippen LogP contribution >= 0.6 is 0 Å². The Balaban J connectivity index is 0.775. The maximum atomic E-state index is 15.8. The second-order valence-electron chi connectivity index (χ2n) is 17.7. The fourth-order valence-electron chi connectivity index (χ4n) is 9.58. The predicted octanol–water partition coefficient (Wildman–Crippen LogP) is 1.77. The number of fused-ring (bicyclic) bond motifs is 1. The highest BCUT2D eigenvalue weighted by Crippen LogP contribution is 2.36. The number of nitrogens with one attached hydrogen (secondary N) is 6. The van der Waals surface area contributed by atoms with Crippen LogP contribution in [0.25, 0.3) is 0 Å². The number of imide groups is 2. The summed E-state index contributed by atoms with van der Waals surface area (Å²) < 4.78 is 31.5. The van der Waals surface area contributed by atoms with Gasteiger partial charge < -0.3 is 31.5 Å². The first-order chi connectivity index (χ1) is 30.3. The van der Waals surface area contributed by atoms with Crippen LogP contribution in [0.1, 0.15) is 84.6 Å². The van der Waals surface area contributed by atoms with Gasteiger partial charge in [-0.05, 0) is 82.3 Å². The zero-order valence-electron chi connectivity index (χ0n) is 35.7. The van der Waals surface area contributed by atoms with E-state index in [1.54, 1.807) is 29.4 Å². The molecule has 6 aliphatic heterocycles. The number of carbonyl (C=O) groups excluding carboxylic acids is 6. The molecule has 4 fully saturated rings. The molecule has 0 radical (unpaired) electrons. The van der Waals surface area contributed by atoms with E-state index in [-0.39, 0.29) is 66.3 Å². The minimum Gasteiger partial charge on any atom is -0.384 e. The van der Waals surface area contributed by atoms with E-state index in [1.807, 2.05) is 24.9 Å². The maximum Gasteiger partial charge on any atom is 0.264 e. The highest BCUT2D eigenvalue weighted by molar-refractivity contribution is 6.25. The quantitative estimate of drug-likeness (QED) is 0.126. The number of unbranched alkanes of at least 4 members (excludes halogenated alkanes) is 1. The number of halogens is 2. The zero-order chi connectivity index (χ0) is 44.5. The van der Waals surface area contributed by atoms with Crippen LogP contribution in [0.2, 0.25) is 0 Å². The summed E-state index contributed by atoms with van der Waals surface area (Å²) in [5.74, 6) is -2.78. The second-order valence-corrected chi connectivity index (χ2v) is 17.7. The number of amides is 6. The summed E-state index contributed by atoms with van der Waals surface area (Å²) in [4.78, 5) is 88.2. The third kappa shape index (κ3) is 9.11. The number of rotatable bonds is 13. The monoisotopic (exact) mass is 871 g/mol. The molecular weight excluding hydrogens is 817 g/mol. The topological polar surface area (TPSA) is 200 Å². The van der Waals surface area contributed by atoms with E-state index in [9.17, 15) is 28.8 Å². The van der Waals surface area contributed by atoms with Crippen LogP contribution < -0.4 is 36.8 Å². The summed E-state index contributed by atoms with van der Waals surface area (Å²) in [7, 11) is 1.83. The van der Waals surface area contributed by atoms with Gasteiger partial charge in [0, 0.05) is 75.5 Å². The molecule has 2 aromatic carbocycles. The van der Waals surface area contributed by atoms with Crippen molar-refractivity contribution in [3.63, 3.8) is 0 Å². The molecule has 2 aromatic rings. The van der Waals surface area contributed by atoms with Gasteiger partial charge in [0.15, 0.2) is 0 Å². The summed E-state index contributed by atoms with van der Waals surface area (Å²) in [5, 5.41) is 17.8. The molecule has 4 saturated heterocycles. The highest BCUT2D eigenvalue weighted by atomic mass is 19.1. The van der Waals surface area contributed by atoms with Gasteiger partial charge in [0.1, 0.15) is 29.7 Å². The number of piperidine rings is 3. The number of anilines is 2. The number of nitrogens with zero attached hydrogens (tertiary/aromatic N) is 5. The number of piperazine rings is 1. The van der Waals surface area contributed by atoms with E-state index in [0.717, 1.165) is 10.7 Å². The van der Waals surface area contributed by atoms with Gasteiger partial charge in [-0.1, -0.05) is 13.0 Å². The van der Waals surface area contributed by atoms with Gasteiger partial charge in [0.25, 0.3) is 11.8 Å². The van der Waals surface area contributed by atoms with E-state index >= 15 is 8.78 Å². The van der Waals surface area contributed by atoms with Gasteiger partial charge in [-0.15, -0.1) is 0 Å². The van der Waals surface area contributed by atoms with Crippen molar-refractivity contribution in [2.24, 2.45) is 10.4 Å². The van der Waals surface area contributed by atoms with Gasteiger partial charge in [0.2, 0.25) is 23.6 Å². The van der Waals surface area contributed by atoms with Crippen LogP contribution in [0.5, 0.6) is 0 Å². The fraction of sp³-hybridized carbons (Fsp3) is 0.523. The number of likely N-dealkylation sites (tertiary alicyclic amines) is 2. The summed E-state index contributed by atoms with van der Waals surface area (Å²) in [6, 6.07) is 6.32. The molecule has 0 saturated carbocycles. The number of benzene rings is 2. The number of hydrogen-bond donors (Lipinski definition) is 6. The molecule has 0 aromatic heterocycles. The Bertz CT molecular complexity index is 2240. The van der Waals surface area contributed by atoms with Crippen LogP contribution in [0.15, 0.2) is 47.2 Å². The Morgan fingerprint density at radius 2 is 1.70 bits per heavy atom. The van der Waals surface area contributed by atoms with E-state index in [4.69, 9.17) is 0 Å². The average Bonchev–Trinajstić information content (AvgIpc) is 3.52. The van der Waals surface area contributed by atoms with E-state index in [2.05, 4.69) is 41.8 Å². The van der Waals surface area contributed by atoms with Gasteiger partial charge in [-0.3, -0.25) is 53.8 Å². The van der Waals surface area contributed by atoms with Crippen LogP contribution in [-0.2, 0) is 25.7 Å². The molecule has 2 atom stereocenters. The molecule has 0 aliphatic carbocycles. The molecule has 8 rings (SSSR count). The number of hydrogen-bond acceptors (Lipinski definition) is 13. The first-order valence-electron chi connectivity index (χ1n) is 21.8.